The lowest BCUT2D eigenvalue weighted by atomic mass is 9.80. The molecule has 0 aliphatic heterocycles. The fourth-order valence-electron chi connectivity index (χ4n) is 1.80. The molecule has 0 fully saturated rings. The Bertz CT molecular complexity index is 254. The van der Waals surface area contributed by atoms with Crippen LogP contribution in [-0.2, 0) is 18.6 Å². The average Bonchev–Trinajstić information content (AvgIpc) is 2.12. The molecular formula is C10H21O5P. The number of ether oxygens (including phenoxy) is 1. The van der Waals surface area contributed by atoms with Gasteiger partial charge in [-0.1, -0.05) is 27.7 Å². The van der Waals surface area contributed by atoms with Gasteiger partial charge < -0.3 is 9.63 Å². The van der Waals surface area contributed by atoms with Crippen molar-refractivity contribution in [3.8, 4) is 0 Å². The van der Waals surface area contributed by atoms with Crippen LogP contribution in [0, 0.1) is 11.8 Å². The Hall–Kier alpha value is -0.380. The summed E-state index contributed by atoms with van der Waals surface area (Å²) in [6.07, 6.45) is 0. The monoisotopic (exact) mass is 252 g/mol. The summed E-state index contributed by atoms with van der Waals surface area (Å²) < 4.78 is 20.8. The summed E-state index contributed by atoms with van der Waals surface area (Å²) in [7, 11) is -3.19. The van der Waals surface area contributed by atoms with E-state index in [4.69, 9.17) is 14.2 Å². The second kappa shape index (κ2) is 6.38. The van der Waals surface area contributed by atoms with Crippen molar-refractivity contribution in [2.24, 2.45) is 11.8 Å². The molecule has 0 spiro atoms. The quantitative estimate of drug-likeness (QED) is 0.578. The number of carbonyl (C=O) groups is 1. The van der Waals surface area contributed by atoms with Gasteiger partial charge in [-0.2, -0.15) is 0 Å². The number of carbonyl (C=O) groups excluding carboxylic acids is 1. The molecule has 0 aromatic rings. The van der Waals surface area contributed by atoms with Crippen LogP contribution in [0.4, 0.5) is 0 Å². The third-order valence-corrected chi connectivity index (χ3v) is 3.08. The van der Waals surface area contributed by atoms with Crippen LogP contribution >= 0.6 is 8.25 Å². The predicted molar refractivity (Wildman–Crippen MR) is 61.3 cm³/mol. The van der Waals surface area contributed by atoms with E-state index in [2.05, 4.69) is 0 Å². The second-order valence-electron chi connectivity index (χ2n) is 4.19. The van der Waals surface area contributed by atoms with E-state index in [9.17, 15) is 9.36 Å². The molecule has 0 aromatic heterocycles. The highest BCUT2D eigenvalue weighted by atomic mass is 31.1. The van der Waals surface area contributed by atoms with Crippen LogP contribution in [0.2, 0.25) is 0 Å². The van der Waals surface area contributed by atoms with Crippen molar-refractivity contribution in [3.63, 3.8) is 0 Å². The topological polar surface area (TPSA) is 72.8 Å². The fourth-order valence-corrected chi connectivity index (χ4v) is 2.65. The van der Waals surface area contributed by atoms with E-state index in [-0.39, 0.29) is 18.4 Å². The highest BCUT2D eigenvalue weighted by Crippen LogP contribution is 2.39. The number of hydrogen-bond acceptors (Lipinski definition) is 4. The van der Waals surface area contributed by atoms with E-state index in [0.29, 0.717) is 0 Å². The van der Waals surface area contributed by atoms with E-state index >= 15 is 0 Å². The van der Waals surface area contributed by atoms with Crippen LogP contribution < -0.4 is 0 Å². The predicted octanol–water partition coefficient (Wildman–Crippen LogP) is 2.00. The molecule has 5 nitrogen and oxygen atoms in total. The average molecular weight is 252 g/mol. The molecule has 6 heteroatoms. The van der Waals surface area contributed by atoms with Gasteiger partial charge in [-0.25, -0.2) is 4.79 Å². The van der Waals surface area contributed by atoms with Crippen LogP contribution in [0.25, 0.3) is 0 Å². The molecule has 1 atom stereocenters. The third-order valence-electron chi connectivity index (χ3n) is 2.57. The van der Waals surface area contributed by atoms with Gasteiger partial charge in [0.05, 0.1) is 6.61 Å². The van der Waals surface area contributed by atoms with Gasteiger partial charge >= 0.3 is 14.2 Å². The minimum absolute atomic E-state index is 0.218. The first kappa shape index (κ1) is 15.6. The lowest BCUT2D eigenvalue weighted by molar-refractivity contribution is -0.172. The minimum Gasteiger partial charge on any atom is -0.464 e. The second-order valence-corrected chi connectivity index (χ2v) is 4.93. The van der Waals surface area contributed by atoms with Gasteiger partial charge in [-0.05, 0) is 18.8 Å². The van der Waals surface area contributed by atoms with Crippen molar-refractivity contribution >= 4 is 14.2 Å². The normalized spacial score (nSPS) is 14.2. The molecule has 0 saturated carbocycles. The molecule has 0 aromatic carbocycles. The van der Waals surface area contributed by atoms with Gasteiger partial charge in [-0.15, -0.1) is 0 Å². The van der Waals surface area contributed by atoms with E-state index in [1.54, 1.807) is 34.6 Å². The van der Waals surface area contributed by atoms with Crippen LogP contribution in [-0.4, -0.2) is 23.1 Å². The van der Waals surface area contributed by atoms with Crippen molar-refractivity contribution in [2.45, 2.75) is 40.2 Å². The Balaban J connectivity index is 5.25. The lowest BCUT2D eigenvalue weighted by Gasteiger charge is -2.37. The number of rotatable bonds is 6. The minimum atomic E-state index is -3.19. The molecule has 0 heterocycles. The molecule has 1 N–H and O–H groups in total. The van der Waals surface area contributed by atoms with Crippen molar-refractivity contribution in [1.29, 1.82) is 0 Å². The Morgan fingerprint density at radius 2 is 1.75 bits per heavy atom. The van der Waals surface area contributed by atoms with Crippen molar-refractivity contribution in [1.82, 2.24) is 0 Å². The molecule has 1 unspecified atom stereocenters. The van der Waals surface area contributed by atoms with Crippen molar-refractivity contribution in [2.75, 3.05) is 6.61 Å². The van der Waals surface area contributed by atoms with Crippen molar-refractivity contribution < 1.29 is 23.5 Å². The van der Waals surface area contributed by atoms with Crippen LogP contribution in [0.15, 0.2) is 0 Å². The summed E-state index contributed by atoms with van der Waals surface area (Å²) in [6.45, 7) is 8.97. The molecule has 0 amide bonds. The summed E-state index contributed by atoms with van der Waals surface area (Å²) in [5.41, 5.74) is -1.35. The Morgan fingerprint density at radius 1 is 1.31 bits per heavy atom. The smallest absolute Gasteiger partial charge is 0.339 e. The van der Waals surface area contributed by atoms with Crippen molar-refractivity contribution in [3.05, 3.63) is 0 Å². The Kier molecular flexibility index (Phi) is 6.23. The Labute approximate surface area is 97.1 Å². The zero-order chi connectivity index (χ0) is 12.9. The van der Waals surface area contributed by atoms with E-state index < -0.39 is 19.8 Å². The van der Waals surface area contributed by atoms with E-state index in [0.717, 1.165) is 0 Å². The molecule has 0 bridgehead atoms. The Morgan fingerprint density at radius 3 is 2.00 bits per heavy atom. The van der Waals surface area contributed by atoms with Gasteiger partial charge in [0.1, 0.15) is 0 Å². The summed E-state index contributed by atoms with van der Waals surface area (Å²) in [4.78, 5) is 20.8. The zero-order valence-electron chi connectivity index (χ0n) is 10.4. The zero-order valence-corrected chi connectivity index (χ0v) is 11.4. The molecule has 0 rings (SSSR count). The first-order valence-electron chi connectivity index (χ1n) is 5.38. The molecule has 0 saturated heterocycles. The third kappa shape index (κ3) is 3.30. The molecule has 0 aliphatic carbocycles. The van der Waals surface area contributed by atoms with Crippen LogP contribution in [0.1, 0.15) is 34.6 Å². The number of esters is 1. The molecule has 16 heavy (non-hydrogen) atoms. The first-order valence-corrected chi connectivity index (χ1v) is 6.64. The van der Waals surface area contributed by atoms with E-state index in [1.165, 1.54) is 0 Å². The highest BCUT2D eigenvalue weighted by Gasteiger charge is 2.48. The maximum Gasteiger partial charge on any atom is 0.339 e. The largest absolute Gasteiger partial charge is 0.464 e. The summed E-state index contributed by atoms with van der Waals surface area (Å²) in [5.74, 6) is -1.06. The number of hydrogen-bond donors (Lipinski definition) is 1. The molecule has 0 radical (unpaired) electrons. The standard InChI is InChI=1S/C10H21O5P/c1-6-14-9(11)10(7(2)3,8(4)5)15-16(12)13/h7-8,16H,6H2,1-5H3,(H,12,13). The van der Waals surface area contributed by atoms with E-state index in [1.807, 2.05) is 0 Å². The van der Waals surface area contributed by atoms with Crippen LogP contribution in [0.5, 0.6) is 0 Å². The molecule has 96 valence electrons. The fraction of sp³-hybridized carbons (Fsp3) is 0.900. The lowest BCUT2D eigenvalue weighted by Crippen LogP contribution is -2.50. The van der Waals surface area contributed by atoms with Gasteiger partial charge in [-0.3, -0.25) is 9.09 Å². The molecular weight excluding hydrogens is 231 g/mol. The van der Waals surface area contributed by atoms with Gasteiger partial charge in [0.15, 0.2) is 5.60 Å². The first-order chi connectivity index (χ1) is 7.28. The summed E-state index contributed by atoms with van der Waals surface area (Å²) in [6, 6.07) is 0. The summed E-state index contributed by atoms with van der Waals surface area (Å²) in [5, 5.41) is 0. The van der Waals surface area contributed by atoms with Gasteiger partial charge in [0.25, 0.3) is 0 Å². The van der Waals surface area contributed by atoms with Crippen LogP contribution in [0.3, 0.4) is 0 Å². The van der Waals surface area contributed by atoms with Gasteiger partial charge in [0, 0.05) is 0 Å². The SMILES string of the molecule is CCOC(=O)C(O[PH](=O)O)(C(C)C)C(C)C. The van der Waals surface area contributed by atoms with Gasteiger partial charge in [0.2, 0.25) is 0 Å². The maximum absolute atomic E-state index is 11.9. The summed E-state index contributed by atoms with van der Waals surface area (Å²) >= 11 is 0. The highest BCUT2D eigenvalue weighted by molar-refractivity contribution is 7.32. The molecule has 0 aliphatic rings. The maximum atomic E-state index is 11.9.